The number of anilines is 2. The topological polar surface area (TPSA) is 100 Å². The third-order valence-electron chi connectivity index (χ3n) is 5.69. The molecule has 12 heteroatoms. The van der Waals surface area contributed by atoms with E-state index in [1.807, 2.05) is 0 Å². The molecule has 0 atom stereocenters. The van der Waals surface area contributed by atoms with Gasteiger partial charge in [-0.15, -0.1) is 0 Å². The largest absolute Gasteiger partial charge is 0.393 e. The molecular weight excluding hydrogens is 447 g/mol. The fourth-order valence-electron chi connectivity index (χ4n) is 3.81. The number of aliphatic hydroxyl groups is 1. The van der Waals surface area contributed by atoms with Crippen LogP contribution >= 0.6 is 0 Å². The Bertz CT molecular complexity index is 1280. The van der Waals surface area contributed by atoms with E-state index in [2.05, 4.69) is 15.4 Å². The zero-order valence-electron chi connectivity index (χ0n) is 16.8. The summed E-state index contributed by atoms with van der Waals surface area (Å²) >= 11 is 0. The highest BCUT2D eigenvalue weighted by Crippen LogP contribution is 2.39. The maximum atomic E-state index is 13.7. The first kappa shape index (κ1) is 21.2. The Hall–Kier alpha value is -2.70. The number of nitrogens with one attached hydrogen (secondary N) is 1. The average molecular weight is 467 g/mol. The number of pyridine rings is 1. The molecule has 0 amide bonds. The van der Waals surface area contributed by atoms with Crippen molar-refractivity contribution >= 4 is 32.6 Å². The summed E-state index contributed by atoms with van der Waals surface area (Å²) in [4.78, 5) is 4.33. The second-order valence-corrected chi connectivity index (χ2v) is 9.94. The number of aliphatic hydroxyl groups excluding tert-OH is 1. The second kappa shape index (κ2) is 7.71. The van der Waals surface area contributed by atoms with E-state index in [0.29, 0.717) is 18.4 Å². The normalized spacial score (nSPS) is 18.4. The van der Waals surface area contributed by atoms with Gasteiger partial charge in [-0.25, -0.2) is 26.6 Å². The van der Waals surface area contributed by atoms with Crippen molar-refractivity contribution in [2.75, 3.05) is 18.4 Å². The Morgan fingerprint density at radius 1 is 1.03 bits per heavy atom. The number of sulfonamides is 1. The van der Waals surface area contributed by atoms with E-state index >= 15 is 0 Å². The van der Waals surface area contributed by atoms with Gasteiger partial charge in [-0.1, -0.05) is 0 Å². The van der Waals surface area contributed by atoms with E-state index in [0.717, 1.165) is 25.0 Å². The van der Waals surface area contributed by atoms with Crippen LogP contribution < -0.4 is 5.32 Å². The van der Waals surface area contributed by atoms with Crippen LogP contribution in [0.15, 0.2) is 29.3 Å². The van der Waals surface area contributed by atoms with Crippen LogP contribution in [0.5, 0.6) is 0 Å². The number of hydrogen-bond donors (Lipinski definition) is 2. The Labute approximate surface area is 181 Å². The molecule has 1 saturated carbocycles. The number of fused-ring (bicyclic) bond motifs is 1. The molecule has 0 bridgehead atoms. The molecule has 2 aromatic heterocycles. The van der Waals surface area contributed by atoms with Gasteiger partial charge in [0.05, 0.1) is 17.7 Å². The van der Waals surface area contributed by atoms with E-state index in [9.17, 15) is 26.7 Å². The Morgan fingerprint density at radius 3 is 2.31 bits per heavy atom. The Morgan fingerprint density at radius 2 is 1.69 bits per heavy atom. The molecule has 1 saturated heterocycles. The van der Waals surface area contributed by atoms with Gasteiger partial charge in [-0.2, -0.15) is 9.40 Å². The summed E-state index contributed by atoms with van der Waals surface area (Å²) in [6, 6.07) is 4.73. The van der Waals surface area contributed by atoms with Gasteiger partial charge in [-0.05, 0) is 37.8 Å². The van der Waals surface area contributed by atoms with Crippen molar-refractivity contribution in [1.82, 2.24) is 19.1 Å². The predicted octanol–water partition coefficient (Wildman–Crippen LogP) is 3.07. The summed E-state index contributed by atoms with van der Waals surface area (Å²) in [5.41, 5.74) is 0.718. The number of halogens is 3. The monoisotopic (exact) mass is 467 g/mol. The quantitative estimate of drug-likeness (QED) is 0.560. The summed E-state index contributed by atoms with van der Waals surface area (Å²) in [6.07, 6.45) is 1.95. The number of piperidine rings is 1. The minimum absolute atomic E-state index is 0.0798. The summed E-state index contributed by atoms with van der Waals surface area (Å²) in [6.45, 7) is 0.369. The van der Waals surface area contributed by atoms with E-state index in [-0.39, 0.29) is 41.2 Å². The van der Waals surface area contributed by atoms with Crippen LogP contribution in [0.3, 0.4) is 0 Å². The van der Waals surface area contributed by atoms with Crippen molar-refractivity contribution in [2.45, 2.75) is 42.9 Å². The Kier molecular flexibility index (Phi) is 5.10. The smallest absolute Gasteiger partial charge is 0.260 e. The van der Waals surface area contributed by atoms with E-state index < -0.39 is 33.6 Å². The lowest BCUT2D eigenvalue weighted by Crippen LogP contribution is -2.40. The van der Waals surface area contributed by atoms with E-state index in [4.69, 9.17) is 0 Å². The van der Waals surface area contributed by atoms with E-state index in [1.54, 1.807) is 10.7 Å². The third-order valence-corrected chi connectivity index (χ3v) is 7.50. The lowest BCUT2D eigenvalue weighted by molar-refractivity contribution is 0.113. The van der Waals surface area contributed by atoms with Crippen LogP contribution in [-0.4, -0.2) is 51.8 Å². The molecule has 3 aromatic rings. The summed E-state index contributed by atoms with van der Waals surface area (Å²) in [5, 5.41) is 16.7. The zero-order valence-corrected chi connectivity index (χ0v) is 17.6. The SMILES string of the molecule is O=S(=O)(c1ccc2c(n1)c(Nc1cc(F)c(F)c(F)c1)nn2C1CC1)N1CCC(O)CC1. The van der Waals surface area contributed by atoms with Crippen LogP contribution in [0.1, 0.15) is 31.7 Å². The fourth-order valence-corrected chi connectivity index (χ4v) is 5.21. The average Bonchev–Trinajstić information content (AvgIpc) is 3.55. The zero-order chi connectivity index (χ0) is 22.6. The van der Waals surface area contributed by atoms with Crippen LogP contribution in [0, 0.1) is 17.5 Å². The lowest BCUT2D eigenvalue weighted by Gasteiger charge is -2.28. The van der Waals surface area contributed by atoms with Crippen LogP contribution in [0.4, 0.5) is 24.7 Å². The number of benzene rings is 1. The second-order valence-electron chi connectivity index (χ2n) is 8.06. The molecule has 1 aromatic carbocycles. The van der Waals surface area contributed by atoms with Crippen molar-refractivity contribution in [2.24, 2.45) is 0 Å². The van der Waals surface area contributed by atoms with Gasteiger partial charge in [-0.3, -0.25) is 4.68 Å². The molecular formula is C20H20F3N5O3S. The summed E-state index contributed by atoms with van der Waals surface area (Å²) in [5.74, 6) is -4.19. The van der Waals surface area contributed by atoms with E-state index in [1.165, 1.54) is 10.4 Å². The lowest BCUT2D eigenvalue weighted by atomic mass is 10.1. The number of rotatable bonds is 5. The van der Waals surface area contributed by atoms with Gasteiger partial charge >= 0.3 is 0 Å². The molecule has 0 radical (unpaired) electrons. The first-order chi connectivity index (χ1) is 15.2. The van der Waals surface area contributed by atoms with Crippen molar-refractivity contribution in [3.05, 3.63) is 41.7 Å². The third kappa shape index (κ3) is 3.71. The van der Waals surface area contributed by atoms with Crippen molar-refractivity contribution in [3.8, 4) is 0 Å². The maximum Gasteiger partial charge on any atom is 0.260 e. The van der Waals surface area contributed by atoms with Crippen LogP contribution in [0.2, 0.25) is 0 Å². The number of aromatic nitrogens is 3. The van der Waals surface area contributed by atoms with Gasteiger partial charge in [0.25, 0.3) is 10.0 Å². The van der Waals surface area contributed by atoms with Crippen molar-refractivity contribution in [1.29, 1.82) is 0 Å². The first-order valence-corrected chi connectivity index (χ1v) is 11.7. The van der Waals surface area contributed by atoms with Gasteiger partial charge in [0, 0.05) is 30.9 Å². The molecule has 5 rings (SSSR count). The molecule has 1 aliphatic heterocycles. The molecule has 3 heterocycles. The summed E-state index contributed by atoms with van der Waals surface area (Å²) in [7, 11) is -3.90. The molecule has 0 unspecified atom stereocenters. The van der Waals surface area contributed by atoms with Gasteiger partial charge < -0.3 is 10.4 Å². The number of nitrogens with zero attached hydrogens (tertiary/aromatic N) is 4. The van der Waals surface area contributed by atoms with Crippen molar-refractivity contribution in [3.63, 3.8) is 0 Å². The molecule has 8 nitrogen and oxygen atoms in total. The minimum atomic E-state index is -3.90. The molecule has 0 spiro atoms. The van der Waals surface area contributed by atoms with Crippen LogP contribution in [0.25, 0.3) is 11.0 Å². The first-order valence-electron chi connectivity index (χ1n) is 10.2. The van der Waals surface area contributed by atoms with Gasteiger partial charge in [0.15, 0.2) is 28.3 Å². The molecule has 2 N–H and O–H groups in total. The highest BCUT2D eigenvalue weighted by atomic mass is 32.2. The highest BCUT2D eigenvalue weighted by molar-refractivity contribution is 7.89. The fraction of sp³-hybridized carbons (Fsp3) is 0.400. The molecule has 2 fully saturated rings. The Balaban J connectivity index is 1.56. The maximum absolute atomic E-state index is 13.7. The molecule has 170 valence electrons. The predicted molar refractivity (Wildman–Crippen MR) is 109 cm³/mol. The number of hydrogen-bond acceptors (Lipinski definition) is 6. The molecule has 2 aliphatic rings. The summed E-state index contributed by atoms with van der Waals surface area (Å²) < 4.78 is 69.8. The van der Waals surface area contributed by atoms with Gasteiger partial charge in [0.2, 0.25) is 0 Å². The van der Waals surface area contributed by atoms with Gasteiger partial charge in [0.1, 0.15) is 5.52 Å². The van der Waals surface area contributed by atoms with Crippen LogP contribution in [-0.2, 0) is 10.0 Å². The molecule has 1 aliphatic carbocycles. The van der Waals surface area contributed by atoms with Crippen molar-refractivity contribution < 1.29 is 26.7 Å². The molecule has 32 heavy (non-hydrogen) atoms. The minimum Gasteiger partial charge on any atom is -0.393 e. The highest BCUT2D eigenvalue weighted by Gasteiger charge is 2.32. The standard InChI is InChI=1S/C20H20F3N5O3S/c21-14-9-11(10-15(22)18(14)23)24-20-19-16(28(26-20)12-1-2-12)3-4-17(25-19)32(30,31)27-7-5-13(29)6-8-27/h3-4,9-10,12-13,29H,1-2,5-8H2,(H,24,26).